The number of amides is 2. The van der Waals surface area contributed by atoms with E-state index in [0.29, 0.717) is 25.1 Å². The lowest BCUT2D eigenvalue weighted by atomic mass is 9.91. The topological polar surface area (TPSA) is 122 Å². The minimum absolute atomic E-state index is 0.0178. The van der Waals surface area contributed by atoms with E-state index < -0.39 is 30.0 Å². The molecule has 0 saturated carbocycles. The quantitative estimate of drug-likeness (QED) is 0.302. The first-order valence-corrected chi connectivity index (χ1v) is 12.3. The van der Waals surface area contributed by atoms with E-state index in [0.717, 1.165) is 30.6 Å². The van der Waals surface area contributed by atoms with Crippen LogP contribution in [0.25, 0.3) is 0 Å². The van der Waals surface area contributed by atoms with E-state index in [-0.39, 0.29) is 31.4 Å². The van der Waals surface area contributed by atoms with Gasteiger partial charge in [0.2, 0.25) is 5.91 Å². The monoisotopic (exact) mass is 477 g/mol. The van der Waals surface area contributed by atoms with Crippen LogP contribution in [0.2, 0.25) is 0 Å². The summed E-state index contributed by atoms with van der Waals surface area (Å²) < 4.78 is 7.03. The maximum atomic E-state index is 13.7. The number of cyclic esters (lactones) is 1. The lowest BCUT2D eigenvalue weighted by Crippen LogP contribution is -2.54. The zero-order valence-corrected chi connectivity index (χ0v) is 20.6. The third-order valence-corrected chi connectivity index (χ3v) is 6.25. The van der Waals surface area contributed by atoms with E-state index in [1.807, 2.05) is 18.4 Å². The number of carboxylic acids is 1. The lowest BCUT2D eigenvalue weighted by Gasteiger charge is -2.38. The number of allylic oxidation sites excluding steroid dienone is 2. The van der Waals surface area contributed by atoms with Gasteiger partial charge in [0.25, 0.3) is 0 Å². The maximum absolute atomic E-state index is 13.7. The predicted molar refractivity (Wildman–Crippen MR) is 127 cm³/mol. The fourth-order valence-electron chi connectivity index (χ4n) is 4.28. The maximum Gasteiger partial charge on any atom is 0.416 e. The van der Waals surface area contributed by atoms with Crippen LogP contribution in [-0.4, -0.2) is 55.3 Å². The van der Waals surface area contributed by atoms with Crippen LogP contribution in [0.15, 0.2) is 24.7 Å². The minimum Gasteiger partial charge on any atom is -0.481 e. The summed E-state index contributed by atoms with van der Waals surface area (Å²) in [5.41, 5.74) is 0.528. The van der Waals surface area contributed by atoms with Crippen molar-refractivity contribution < 1.29 is 29.3 Å². The largest absolute Gasteiger partial charge is 0.481 e. The molecule has 1 aliphatic rings. The minimum atomic E-state index is -1.17. The highest BCUT2D eigenvalue weighted by Crippen LogP contribution is 2.31. The average Bonchev–Trinajstić information content (AvgIpc) is 3.26. The number of carboxylic acid groups (broad SMARTS) is 1. The lowest BCUT2D eigenvalue weighted by molar-refractivity contribution is -0.143. The van der Waals surface area contributed by atoms with Crippen molar-refractivity contribution in [1.82, 2.24) is 14.5 Å². The van der Waals surface area contributed by atoms with Gasteiger partial charge in [-0.1, -0.05) is 52.2 Å². The third kappa shape index (κ3) is 7.68. The van der Waals surface area contributed by atoms with Crippen molar-refractivity contribution in [3.05, 3.63) is 30.4 Å². The number of imide groups is 1. The molecule has 1 aromatic heterocycles. The Morgan fingerprint density at radius 2 is 2.03 bits per heavy atom. The molecule has 0 spiro atoms. The number of ether oxygens (including phenoxy) is 1. The third-order valence-electron chi connectivity index (χ3n) is 6.25. The average molecular weight is 478 g/mol. The molecule has 1 aliphatic heterocycles. The Hall–Kier alpha value is -2.68. The van der Waals surface area contributed by atoms with Crippen LogP contribution in [0, 0.1) is 11.8 Å². The Labute approximate surface area is 201 Å². The zero-order valence-electron chi connectivity index (χ0n) is 20.6. The molecule has 2 rings (SSSR count). The zero-order chi connectivity index (χ0) is 25.1. The Kier molecular flexibility index (Phi) is 11.3. The van der Waals surface area contributed by atoms with Crippen LogP contribution in [0.3, 0.4) is 0 Å². The number of aliphatic carboxylic acids is 1. The molecule has 34 heavy (non-hydrogen) atoms. The molecule has 0 radical (unpaired) electrons. The smallest absolute Gasteiger partial charge is 0.416 e. The molecule has 3 atom stereocenters. The summed E-state index contributed by atoms with van der Waals surface area (Å²) in [5.74, 6) is -2.28. The van der Waals surface area contributed by atoms with E-state index in [9.17, 15) is 19.5 Å². The van der Waals surface area contributed by atoms with E-state index in [4.69, 9.17) is 9.84 Å². The predicted octanol–water partition coefficient (Wildman–Crippen LogP) is 4.32. The van der Waals surface area contributed by atoms with Crippen molar-refractivity contribution in [3.8, 4) is 0 Å². The number of hydrogen-bond donors (Lipinski definition) is 2. The van der Waals surface area contributed by atoms with Crippen molar-refractivity contribution in [3.63, 3.8) is 0 Å². The number of nitrogens with zero attached hydrogens (tertiary/aromatic N) is 3. The first kappa shape index (κ1) is 27.6. The Balaban J connectivity index is 2.26. The Morgan fingerprint density at radius 3 is 2.71 bits per heavy atom. The number of unbranched alkanes of at least 4 members (excludes halogenated alkanes) is 3. The van der Waals surface area contributed by atoms with Gasteiger partial charge in [-0.2, -0.15) is 0 Å². The molecule has 1 aromatic rings. The first-order valence-electron chi connectivity index (χ1n) is 12.3. The highest BCUT2D eigenvalue weighted by Gasteiger charge is 2.42. The van der Waals surface area contributed by atoms with Gasteiger partial charge in [-0.05, 0) is 25.2 Å². The molecular formula is C25H39N3O6. The van der Waals surface area contributed by atoms with Crippen molar-refractivity contribution in [1.29, 1.82) is 0 Å². The van der Waals surface area contributed by atoms with Crippen molar-refractivity contribution >= 4 is 18.0 Å². The fourth-order valence-corrected chi connectivity index (χ4v) is 4.28. The molecule has 0 aliphatic carbocycles. The van der Waals surface area contributed by atoms with Crippen molar-refractivity contribution in [2.45, 2.75) is 90.8 Å². The number of hydrogen-bond acceptors (Lipinski definition) is 6. The van der Waals surface area contributed by atoms with Crippen LogP contribution < -0.4 is 0 Å². The van der Waals surface area contributed by atoms with Gasteiger partial charge >= 0.3 is 12.1 Å². The van der Waals surface area contributed by atoms with Crippen LogP contribution >= 0.6 is 0 Å². The van der Waals surface area contributed by atoms with Crippen LogP contribution in [-0.2, 0) is 20.9 Å². The number of carbonyl (C=O) groups is 3. The van der Waals surface area contributed by atoms with Gasteiger partial charge in [0.1, 0.15) is 6.10 Å². The molecule has 9 heteroatoms. The number of aryl methyl sites for hydroxylation is 1. The van der Waals surface area contributed by atoms with E-state index in [2.05, 4.69) is 11.9 Å². The van der Waals surface area contributed by atoms with Crippen molar-refractivity contribution in [2.75, 3.05) is 6.61 Å². The number of rotatable bonds is 14. The van der Waals surface area contributed by atoms with Crippen molar-refractivity contribution in [2.24, 2.45) is 11.8 Å². The molecule has 1 fully saturated rings. The second-order valence-corrected chi connectivity index (χ2v) is 9.19. The van der Waals surface area contributed by atoms with Gasteiger partial charge in [0.15, 0.2) is 0 Å². The fraction of sp³-hybridized carbons (Fsp3) is 0.680. The second-order valence-electron chi connectivity index (χ2n) is 9.19. The summed E-state index contributed by atoms with van der Waals surface area (Å²) >= 11 is 0. The number of imidazole rings is 1. The molecule has 2 amide bonds. The molecule has 9 nitrogen and oxygen atoms in total. The molecule has 0 aromatic carbocycles. The number of aromatic nitrogens is 2. The molecule has 2 heterocycles. The van der Waals surface area contributed by atoms with Gasteiger partial charge in [-0.25, -0.2) is 14.7 Å². The second kappa shape index (κ2) is 13.9. The highest BCUT2D eigenvalue weighted by molar-refractivity contribution is 5.94. The molecule has 190 valence electrons. The summed E-state index contributed by atoms with van der Waals surface area (Å²) in [6.45, 7) is 6.99. The first-order chi connectivity index (χ1) is 16.3. The van der Waals surface area contributed by atoms with Gasteiger partial charge < -0.3 is 19.5 Å². The van der Waals surface area contributed by atoms with Gasteiger partial charge in [-0.3, -0.25) is 9.59 Å². The molecular weight excluding hydrogens is 438 g/mol. The van der Waals surface area contributed by atoms with Gasteiger partial charge in [-0.15, -0.1) is 0 Å². The summed E-state index contributed by atoms with van der Waals surface area (Å²) in [6, 6.07) is -0.307. The molecule has 2 N–H and O–H groups in total. The highest BCUT2D eigenvalue weighted by atomic mass is 16.6. The number of carbonyl (C=O) groups excluding carboxylic acids is 2. The Morgan fingerprint density at radius 1 is 1.26 bits per heavy atom. The van der Waals surface area contributed by atoms with Crippen LogP contribution in [0.4, 0.5) is 4.79 Å². The van der Waals surface area contributed by atoms with Crippen LogP contribution in [0.1, 0.15) is 83.9 Å². The van der Waals surface area contributed by atoms with E-state index >= 15 is 0 Å². The van der Waals surface area contributed by atoms with E-state index in [1.54, 1.807) is 24.7 Å². The normalized spacial score (nSPS) is 18.3. The Bertz CT molecular complexity index is 834. The standard InChI is InChI=1S/C25H39N3O6/c1-4-5-6-10-14-27-17-26-16-21(27)23(31)19(11-8-7-9-12-22(29)30)24(32)28-20(18(2)3)13-15-34-25(28)33/h7-8,16-20,23,31H,4-6,9-15H2,1-3H3,(H,29,30)/b8-7-/t19-,20-,23-/m0/s1. The van der Waals surface area contributed by atoms with Gasteiger partial charge in [0.05, 0.1) is 30.7 Å². The molecule has 0 unspecified atom stereocenters. The molecule has 0 bridgehead atoms. The SMILES string of the molecule is CCCCCCn1cncc1[C@@H](O)[C@H](C/C=C\CCC(=O)O)C(=O)N1C(=O)OCC[C@H]1C(C)C. The summed E-state index contributed by atoms with van der Waals surface area (Å²) in [5, 5.41) is 20.2. The number of aliphatic hydroxyl groups excluding tert-OH is 1. The van der Waals surface area contributed by atoms with E-state index in [1.165, 1.54) is 0 Å². The summed E-state index contributed by atoms with van der Waals surface area (Å²) in [6.07, 6.45) is 10.0. The number of aliphatic hydroxyl groups is 1. The summed E-state index contributed by atoms with van der Waals surface area (Å²) in [4.78, 5) is 42.4. The summed E-state index contributed by atoms with van der Waals surface area (Å²) in [7, 11) is 0. The molecule has 1 saturated heterocycles. The van der Waals surface area contributed by atoms with Crippen LogP contribution in [0.5, 0.6) is 0 Å². The van der Waals surface area contributed by atoms with Gasteiger partial charge in [0, 0.05) is 25.4 Å².